The molecule has 0 amide bonds. The molecule has 0 N–H and O–H groups in total. The number of hydrogen-bond acceptors (Lipinski definition) is 4. The Morgan fingerprint density at radius 3 is 1.65 bits per heavy atom. The molecule has 0 aromatic heterocycles. The Balaban J connectivity index is 5.56. The summed E-state index contributed by atoms with van der Waals surface area (Å²) in [5, 5.41) is -6.58. The largest absolute Gasteiger partial charge is 0.485 e. The van der Waals surface area contributed by atoms with E-state index in [0.717, 1.165) is 0 Å². The van der Waals surface area contributed by atoms with Crippen molar-refractivity contribution in [2.24, 2.45) is 0 Å². The summed E-state index contributed by atoms with van der Waals surface area (Å²) in [6, 6.07) is -3.52. The van der Waals surface area contributed by atoms with Crippen LogP contribution in [0.4, 0.5) is 39.5 Å². The molecule has 0 aliphatic rings. The highest BCUT2D eigenvalue weighted by Crippen LogP contribution is 2.43. The zero-order chi connectivity index (χ0) is 16.6. The van der Waals surface area contributed by atoms with E-state index in [-0.39, 0.29) is 6.92 Å². The first-order chi connectivity index (χ1) is 8.53. The predicted molar refractivity (Wildman–Crippen MR) is 42.0 cm³/mol. The van der Waals surface area contributed by atoms with E-state index in [1.165, 1.54) is 0 Å². The van der Waals surface area contributed by atoms with Gasteiger partial charge in [0, 0.05) is 6.92 Å². The minimum absolute atomic E-state index is 0.388. The lowest BCUT2D eigenvalue weighted by Gasteiger charge is -2.25. The minimum Gasteiger partial charge on any atom is -0.397 e. The van der Waals surface area contributed by atoms with Gasteiger partial charge in [0.1, 0.15) is 0 Å². The lowest BCUT2D eigenvalue weighted by Crippen LogP contribution is -2.50. The van der Waals surface area contributed by atoms with Crippen molar-refractivity contribution >= 4 is 10.1 Å². The van der Waals surface area contributed by atoms with Gasteiger partial charge in [-0.15, -0.1) is 0 Å². The molecule has 20 heavy (non-hydrogen) atoms. The Morgan fingerprint density at radius 1 is 0.950 bits per heavy atom. The number of alkyl halides is 6. The predicted octanol–water partition coefficient (Wildman–Crippen LogP) is 3.18. The molecule has 0 rings (SSSR count). The first-order valence-electron chi connectivity index (χ1n) is 4.02. The molecule has 0 saturated carbocycles. The van der Waals surface area contributed by atoms with Crippen molar-refractivity contribution in [2.75, 3.05) is 0 Å². The molecular weight excluding hydrogens is 339 g/mol. The highest BCUT2D eigenvalue weighted by Gasteiger charge is 2.71. The first kappa shape index (κ1) is 18.8. The number of rotatable bonds is 6. The average Bonchev–Trinajstić information content (AvgIpc) is 2.11. The maximum Gasteiger partial charge on any atom is 0.485 e. The topological polar surface area (TPSA) is 52.6 Å². The second-order valence-corrected chi connectivity index (χ2v) is 4.60. The monoisotopic (exact) mass is 342 g/mol. The van der Waals surface area contributed by atoms with E-state index in [4.69, 9.17) is 0 Å². The van der Waals surface area contributed by atoms with Gasteiger partial charge in [0.2, 0.25) is 0 Å². The van der Waals surface area contributed by atoms with Crippen LogP contribution >= 0.6 is 0 Å². The molecule has 0 aliphatic heterocycles. The summed E-state index contributed by atoms with van der Waals surface area (Å²) < 4.78 is 135. The van der Waals surface area contributed by atoms with E-state index in [9.17, 15) is 47.9 Å². The highest BCUT2D eigenvalue weighted by atomic mass is 32.2. The van der Waals surface area contributed by atoms with Crippen molar-refractivity contribution in [1.82, 2.24) is 0 Å². The Kier molecular flexibility index (Phi) is 4.99. The lowest BCUT2D eigenvalue weighted by atomic mass is 10.6. The molecular formula is C6H3F9O4S. The van der Waals surface area contributed by atoms with Gasteiger partial charge in [-0.2, -0.15) is 52.1 Å². The zero-order valence-corrected chi connectivity index (χ0v) is 9.76. The summed E-state index contributed by atoms with van der Waals surface area (Å²) in [4.78, 5) is 0. The first-order valence-corrected chi connectivity index (χ1v) is 5.43. The molecule has 0 aliphatic carbocycles. The van der Waals surface area contributed by atoms with Crippen LogP contribution in [-0.2, 0) is 19.0 Å². The summed E-state index contributed by atoms with van der Waals surface area (Å²) in [7, 11) is -7.04. The van der Waals surface area contributed by atoms with Crippen molar-refractivity contribution in [1.29, 1.82) is 0 Å². The average molecular weight is 342 g/mol. The third-order valence-electron chi connectivity index (χ3n) is 1.28. The van der Waals surface area contributed by atoms with Gasteiger partial charge < -0.3 is 4.74 Å². The summed E-state index contributed by atoms with van der Waals surface area (Å²) >= 11 is 0. The van der Waals surface area contributed by atoms with Gasteiger partial charge in [-0.1, -0.05) is 0 Å². The van der Waals surface area contributed by atoms with Gasteiger partial charge in [-0.25, -0.2) is 0 Å². The molecule has 0 spiro atoms. The Hall–Kier alpha value is -1.18. The Labute approximate surface area is 104 Å². The maximum absolute atomic E-state index is 12.8. The summed E-state index contributed by atoms with van der Waals surface area (Å²) in [5.41, 5.74) is 0. The van der Waals surface area contributed by atoms with Gasteiger partial charge >= 0.3 is 39.7 Å². The van der Waals surface area contributed by atoms with E-state index in [2.05, 4.69) is 8.92 Å². The molecule has 14 heteroatoms. The summed E-state index contributed by atoms with van der Waals surface area (Å²) in [6.07, 6.45) is -14.9. The second-order valence-electron chi connectivity index (χ2n) is 3.02. The Morgan fingerprint density at radius 2 is 1.35 bits per heavy atom. The van der Waals surface area contributed by atoms with E-state index < -0.39 is 39.7 Å². The van der Waals surface area contributed by atoms with Gasteiger partial charge in [-0.3, -0.25) is 0 Å². The fourth-order valence-electron chi connectivity index (χ4n) is 0.601. The summed E-state index contributed by atoms with van der Waals surface area (Å²) in [5.74, 6) is 0. The molecule has 120 valence electrons. The second kappa shape index (κ2) is 5.31. The third kappa shape index (κ3) is 4.16. The van der Waals surface area contributed by atoms with E-state index in [0.29, 0.717) is 0 Å². The van der Waals surface area contributed by atoms with Crippen LogP contribution in [-0.4, -0.2) is 25.9 Å². The summed E-state index contributed by atoms with van der Waals surface area (Å²) in [6.45, 7) is -0.388. The molecule has 0 aromatic carbocycles. The molecule has 0 radical (unpaired) electrons. The molecule has 0 bridgehead atoms. The lowest BCUT2D eigenvalue weighted by molar-refractivity contribution is -0.313. The van der Waals surface area contributed by atoms with Crippen LogP contribution in [0.25, 0.3) is 0 Å². The smallest absolute Gasteiger partial charge is 0.397 e. The maximum atomic E-state index is 12.8. The van der Waals surface area contributed by atoms with Crippen molar-refractivity contribution in [2.45, 2.75) is 24.4 Å². The minimum atomic E-state index is -7.04. The van der Waals surface area contributed by atoms with Crippen LogP contribution in [0.2, 0.25) is 0 Å². The van der Waals surface area contributed by atoms with Crippen LogP contribution in [0.15, 0.2) is 12.1 Å². The van der Waals surface area contributed by atoms with E-state index in [1.54, 1.807) is 0 Å². The van der Waals surface area contributed by atoms with Crippen LogP contribution in [0, 0.1) is 0 Å². The van der Waals surface area contributed by atoms with Crippen LogP contribution in [0.3, 0.4) is 0 Å². The van der Waals surface area contributed by atoms with Crippen molar-refractivity contribution in [3.8, 4) is 0 Å². The Bertz CT molecular complexity index is 487. The van der Waals surface area contributed by atoms with E-state index >= 15 is 0 Å². The van der Waals surface area contributed by atoms with Crippen molar-refractivity contribution in [3.05, 3.63) is 12.1 Å². The molecule has 0 aromatic rings. The standard InChI is InChI=1S/C6H3F9O4S/c1-4(10,11)19-20(16,17)6(14,15)5(12,13)18-3(9)2(7)8/h1H3. The quantitative estimate of drug-likeness (QED) is 0.423. The van der Waals surface area contributed by atoms with Gasteiger partial charge in [0.15, 0.2) is 0 Å². The van der Waals surface area contributed by atoms with Gasteiger partial charge in [-0.05, 0) is 0 Å². The van der Waals surface area contributed by atoms with Crippen molar-refractivity contribution < 1.29 is 56.9 Å². The number of ether oxygens (including phenoxy) is 1. The third-order valence-corrected chi connectivity index (χ3v) is 2.65. The zero-order valence-electron chi connectivity index (χ0n) is 8.94. The highest BCUT2D eigenvalue weighted by molar-refractivity contribution is 7.87. The number of hydrogen-bond donors (Lipinski definition) is 0. The fraction of sp³-hybridized carbons (Fsp3) is 0.667. The van der Waals surface area contributed by atoms with Gasteiger partial charge in [0.25, 0.3) is 0 Å². The van der Waals surface area contributed by atoms with Crippen LogP contribution < -0.4 is 0 Å². The molecule has 0 unspecified atom stereocenters. The number of halogens is 9. The van der Waals surface area contributed by atoms with Crippen LogP contribution in [0.1, 0.15) is 6.92 Å². The van der Waals surface area contributed by atoms with Gasteiger partial charge in [0.05, 0.1) is 0 Å². The van der Waals surface area contributed by atoms with Crippen LogP contribution in [0.5, 0.6) is 0 Å². The molecule has 0 atom stereocenters. The molecule has 0 fully saturated rings. The SMILES string of the molecule is CC(F)(F)OS(=O)(=O)C(F)(F)C(F)(F)OC(F)=C(F)F. The molecule has 0 saturated heterocycles. The fourth-order valence-corrected chi connectivity index (χ4v) is 1.42. The van der Waals surface area contributed by atoms with E-state index in [1.807, 2.05) is 0 Å². The normalized spacial score (nSPS) is 14.1. The van der Waals surface area contributed by atoms with Crippen molar-refractivity contribution in [3.63, 3.8) is 0 Å². The molecule has 4 nitrogen and oxygen atoms in total. The molecule has 0 heterocycles.